The molecule has 0 spiro atoms. The van der Waals surface area contributed by atoms with Crippen LogP contribution in [0.25, 0.3) is 10.8 Å². The molecule has 0 saturated heterocycles. The Balaban J connectivity index is 2.08. The van der Waals surface area contributed by atoms with Gasteiger partial charge in [0, 0.05) is 12.6 Å². The zero-order valence-electron chi connectivity index (χ0n) is 25.1. The van der Waals surface area contributed by atoms with E-state index in [0.29, 0.717) is 36.4 Å². The third-order valence-electron chi connectivity index (χ3n) is 6.39. The van der Waals surface area contributed by atoms with Gasteiger partial charge in [0.05, 0.1) is 10.3 Å². The van der Waals surface area contributed by atoms with Gasteiger partial charge in [0.2, 0.25) is 5.91 Å². The number of aromatic hydroxyl groups is 2. The van der Waals surface area contributed by atoms with Gasteiger partial charge in [-0.1, -0.05) is 0 Å². The smallest absolute Gasteiger partial charge is 0.296 e. The van der Waals surface area contributed by atoms with Gasteiger partial charge in [0.1, 0.15) is 42.3 Å². The zero-order valence-corrected chi connectivity index (χ0v) is 29.2. The van der Waals surface area contributed by atoms with Gasteiger partial charge in [-0.2, -0.15) is 42.1 Å². The number of rotatable bonds is 10. The van der Waals surface area contributed by atoms with Gasteiger partial charge in [0.15, 0.2) is 11.5 Å². The molecule has 4 aromatic rings. The molecule has 4 aromatic carbocycles. The fourth-order valence-electron chi connectivity index (χ4n) is 4.29. The summed E-state index contributed by atoms with van der Waals surface area (Å²) in [5.74, 6) is -3.61. The van der Waals surface area contributed by atoms with E-state index in [0.717, 1.165) is 19.1 Å². The van der Waals surface area contributed by atoms with Crippen molar-refractivity contribution in [3.05, 3.63) is 48.5 Å². The van der Waals surface area contributed by atoms with E-state index in [4.69, 9.17) is 0 Å². The van der Waals surface area contributed by atoms with Crippen LogP contribution in [0.3, 0.4) is 0 Å². The van der Waals surface area contributed by atoms with E-state index >= 15 is 0 Å². The number of hydrogen-bond donors (Lipinski definition) is 8. The lowest BCUT2D eigenvalue weighted by molar-refractivity contribution is -0.114. The maximum Gasteiger partial charge on any atom is 0.296 e. The Kier molecular flexibility index (Phi) is 10.3. The molecular formula is C24H19N5O18S5. The number of carbonyl (C=O) groups excluding carboxylic acids is 1. The maximum atomic E-state index is 12.3. The van der Waals surface area contributed by atoms with Gasteiger partial charge in [-0.25, -0.2) is 0 Å². The van der Waals surface area contributed by atoms with E-state index in [1.807, 2.05) is 0 Å². The molecule has 4 rings (SSSR count). The number of benzene rings is 4. The molecule has 0 saturated carbocycles. The Morgan fingerprint density at radius 1 is 0.538 bits per heavy atom. The predicted octanol–water partition coefficient (Wildman–Crippen LogP) is 3.27. The van der Waals surface area contributed by atoms with Crippen molar-refractivity contribution in [1.29, 1.82) is 0 Å². The minimum atomic E-state index is -5.53. The van der Waals surface area contributed by atoms with Crippen LogP contribution in [0, 0.1) is 0 Å². The third kappa shape index (κ3) is 8.52. The van der Waals surface area contributed by atoms with Crippen LogP contribution in [0.2, 0.25) is 0 Å². The summed E-state index contributed by atoms with van der Waals surface area (Å²) in [7, 11) is -26.4. The molecule has 0 fully saturated rings. The molecule has 52 heavy (non-hydrogen) atoms. The summed E-state index contributed by atoms with van der Waals surface area (Å²) >= 11 is 0. The molecule has 0 atom stereocenters. The van der Waals surface area contributed by atoms with Gasteiger partial charge in [-0.15, -0.1) is 20.5 Å². The summed E-state index contributed by atoms with van der Waals surface area (Å²) in [6.45, 7) is 1.07. The molecule has 0 aliphatic rings. The largest absolute Gasteiger partial charge is 0.505 e. The van der Waals surface area contributed by atoms with Crippen LogP contribution in [-0.4, -0.2) is 81.0 Å². The van der Waals surface area contributed by atoms with Gasteiger partial charge in [-0.3, -0.25) is 27.6 Å². The molecule has 0 bridgehead atoms. The van der Waals surface area contributed by atoms with Crippen molar-refractivity contribution >= 4 is 95.7 Å². The number of nitrogens with zero attached hydrogens (tertiary/aromatic N) is 4. The summed E-state index contributed by atoms with van der Waals surface area (Å²) < 4.78 is 168. The van der Waals surface area contributed by atoms with Gasteiger partial charge < -0.3 is 15.5 Å². The average molecular weight is 826 g/mol. The second kappa shape index (κ2) is 13.5. The molecule has 0 unspecified atom stereocenters. The summed E-state index contributed by atoms with van der Waals surface area (Å²) in [5.41, 5.74) is -4.64. The minimum Gasteiger partial charge on any atom is -0.505 e. The van der Waals surface area contributed by atoms with E-state index in [9.17, 15) is 79.9 Å². The fraction of sp³-hybridized carbons (Fsp3) is 0.0417. The Morgan fingerprint density at radius 3 is 1.42 bits per heavy atom. The number of azo groups is 2. The first-order chi connectivity index (χ1) is 23.6. The number of nitrogens with one attached hydrogen (secondary N) is 1. The highest BCUT2D eigenvalue weighted by atomic mass is 32.2. The predicted molar refractivity (Wildman–Crippen MR) is 172 cm³/mol. The van der Waals surface area contributed by atoms with E-state index in [1.165, 1.54) is 0 Å². The first kappa shape index (κ1) is 39.7. The highest BCUT2D eigenvalue weighted by molar-refractivity contribution is 7.87. The quantitative estimate of drug-likeness (QED) is 0.0839. The van der Waals surface area contributed by atoms with Crippen LogP contribution in [0.5, 0.6) is 11.5 Å². The standard InChI is InChI=1S/C24H19N5O18S5/c1-10(30)25-12-2-4-14(17(8-12)50(39,40)41)26-28-21-18(51(42,43)44)6-11-7-19(52(45,46)47)22(24(32)20(11)23(21)31)29-27-15-9-13(48(33,34)35)3-5-16(15)49(36,37)38/h2-9,31-32H,1H3,(H,25,30)(H,33,34,35)(H,36,37,38)(H,39,40,41)(H,42,43,44)(H,45,46,47). The van der Waals surface area contributed by atoms with Crippen LogP contribution >= 0.6 is 0 Å². The Morgan fingerprint density at radius 2 is 1.00 bits per heavy atom. The van der Waals surface area contributed by atoms with Crippen LogP contribution in [-0.2, 0) is 55.4 Å². The van der Waals surface area contributed by atoms with Gasteiger partial charge in [0.25, 0.3) is 50.6 Å². The SMILES string of the molecule is CC(=O)Nc1ccc(N=Nc2c(S(=O)(=O)O)cc3cc(S(=O)(=O)O)c(N=Nc4cc(S(=O)(=O)O)ccc4S(=O)(=O)O)c(O)c3c2O)c(S(=O)(=O)O)c1. The van der Waals surface area contributed by atoms with E-state index < -0.39 is 126 Å². The van der Waals surface area contributed by atoms with Crippen LogP contribution in [0.4, 0.5) is 28.4 Å². The Labute approximate surface area is 291 Å². The number of amides is 1. The van der Waals surface area contributed by atoms with Crippen molar-refractivity contribution in [2.75, 3.05) is 5.32 Å². The lowest BCUT2D eigenvalue weighted by Gasteiger charge is -2.13. The summed E-state index contributed by atoms with van der Waals surface area (Å²) in [6, 6.07) is 4.69. The third-order valence-corrected chi connectivity index (χ3v) is 10.8. The molecule has 0 radical (unpaired) electrons. The molecule has 0 heterocycles. The van der Waals surface area contributed by atoms with Crippen LogP contribution in [0.1, 0.15) is 6.92 Å². The molecule has 0 aromatic heterocycles. The highest BCUT2D eigenvalue weighted by Gasteiger charge is 2.29. The number of fused-ring (bicyclic) bond motifs is 1. The van der Waals surface area contributed by atoms with Crippen molar-refractivity contribution < 1.29 is 79.9 Å². The lowest BCUT2D eigenvalue weighted by Crippen LogP contribution is -2.07. The highest BCUT2D eigenvalue weighted by Crippen LogP contribution is 2.50. The molecular weight excluding hydrogens is 807 g/mol. The van der Waals surface area contributed by atoms with Crippen LogP contribution in [0.15, 0.2) is 93.5 Å². The van der Waals surface area contributed by atoms with Gasteiger partial charge >= 0.3 is 0 Å². The lowest BCUT2D eigenvalue weighted by atomic mass is 10.1. The first-order valence-corrected chi connectivity index (χ1v) is 20.1. The second-order valence-electron chi connectivity index (χ2n) is 10.0. The normalized spacial score (nSPS) is 13.3. The van der Waals surface area contributed by atoms with E-state index in [2.05, 4.69) is 25.8 Å². The average Bonchev–Trinajstić information content (AvgIpc) is 2.97. The maximum absolute atomic E-state index is 12.3. The number of carbonyl (C=O) groups is 1. The molecule has 1 amide bonds. The minimum absolute atomic E-state index is 0.166. The molecule has 0 aliphatic heterocycles. The molecule has 0 aliphatic carbocycles. The van der Waals surface area contributed by atoms with Crippen molar-refractivity contribution in [3.8, 4) is 11.5 Å². The summed E-state index contributed by atoms with van der Waals surface area (Å²) in [6.07, 6.45) is 0. The zero-order chi connectivity index (χ0) is 39.4. The number of phenolic OH excluding ortho intramolecular Hbond substituents is 2. The second-order valence-corrected chi connectivity index (χ2v) is 17.0. The number of hydrogen-bond acceptors (Lipinski definition) is 17. The van der Waals surface area contributed by atoms with E-state index in [1.54, 1.807) is 0 Å². The molecule has 23 nitrogen and oxygen atoms in total. The van der Waals surface area contributed by atoms with Gasteiger partial charge in [-0.05, 0) is 53.9 Å². The van der Waals surface area contributed by atoms with Crippen molar-refractivity contribution in [3.63, 3.8) is 0 Å². The fourth-order valence-corrected chi connectivity index (χ4v) is 7.36. The monoisotopic (exact) mass is 825 g/mol. The van der Waals surface area contributed by atoms with Crippen LogP contribution < -0.4 is 5.32 Å². The number of phenols is 2. The molecule has 8 N–H and O–H groups in total. The number of anilines is 1. The Bertz CT molecular complexity index is 2840. The summed E-state index contributed by atoms with van der Waals surface area (Å²) in [4.78, 5) is 5.39. The molecule has 278 valence electrons. The Hall–Kier alpha value is -5.04. The topological polar surface area (TPSA) is 391 Å². The van der Waals surface area contributed by atoms with Crippen molar-refractivity contribution in [2.45, 2.75) is 31.4 Å². The summed E-state index contributed by atoms with van der Waals surface area (Å²) in [5, 5.41) is 36.2. The van der Waals surface area contributed by atoms with Crippen molar-refractivity contribution in [2.24, 2.45) is 20.5 Å². The van der Waals surface area contributed by atoms with E-state index in [-0.39, 0.29) is 5.69 Å². The first-order valence-electron chi connectivity index (χ1n) is 12.9. The molecule has 28 heteroatoms. The van der Waals surface area contributed by atoms with Crippen molar-refractivity contribution in [1.82, 2.24) is 0 Å².